The molecule has 74 valence electrons. The highest BCUT2D eigenvalue weighted by Crippen LogP contribution is 2.30. The van der Waals surface area contributed by atoms with Crippen LogP contribution in [-0.4, -0.2) is 10.1 Å². The van der Waals surface area contributed by atoms with Gasteiger partial charge in [0.15, 0.2) is 0 Å². The van der Waals surface area contributed by atoms with E-state index in [1.54, 1.807) is 6.07 Å². The number of hydrogen-bond acceptors (Lipinski definition) is 3. The molecule has 14 heavy (non-hydrogen) atoms. The Morgan fingerprint density at radius 3 is 2.71 bits per heavy atom. The number of hydrogen-bond donors (Lipinski definition) is 1. The zero-order chi connectivity index (χ0) is 10.7. The smallest absolute Gasteiger partial charge is 0.267 e. The number of nitriles is 1. The average Bonchev–Trinajstić information content (AvgIpc) is 2.16. The molecule has 1 aromatic rings. The Kier molecular flexibility index (Phi) is 3.33. The summed E-state index contributed by atoms with van der Waals surface area (Å²) in [7, 11) is 0. The third-order valence-electron chi connectivity index (χ3n) is 1.68. The van der Waals surface area contributed by atoms with Crippen LogP contribution >= 0.6 is 11.6 Å². The summed E-state index contributed by atoms with van der Waals surface area (Å²) in [6.45, 7) is -0.662. The van der Waals surface area contributed by atoms with E-state index in [0.29, 0.717) is 0 Å². The SMILES string of the molecule is N#Cc1cnc(Cl)c(C(F)F)c1CO. The number of aliphatic hydroxyl groups excluding tert-OH is 1. The Hall–Kier alpha value is -1.25. The molecule has 1 heterocycles. The van der Waals surface area contributed by atoms with E-state index < -0.39 is 18.6 Å². The molecule has 0 unspecified atom stereocenters. The lowest BCUT2D eigenvalue weighted by atomic mass is 10.1. The zero-order valence-corrected chi connectivity index (χ0v) is 7.59. The number of rotatable bonds is 2. The summed E-state index contributed by atoms with van der Waals surface area (Å²) in [6.07, 6.45) is -1.80. The average molecular weight is 219 g/mol. The minimum absolute atomic E-state index is 0.0906. The third kappa shape index (κ3) is 1.81. The molecule has 0 saturated carbocycles. The van der Waals surface area contributed by atoms with Crippen molar-refractivity contribution in [2.45, 2.75) is 13.0 Å². The van der Waals surface area contributed by atoms with Crippen molar-refractivity contribution in [2.75, 3.05) is 0 Å². The predicted octanol–water partition coefficient (Wildman–Crippen LogP) is 2.04. The lowest BCUT2D eigenvalue weighted by Gasteiger charge is -2.08. The first-order valence-corrected chi connectivity index (χ1v) is 3.96. The molecule has 0 fully saturated rings. The van der Waals surface area contributed by atoms with Crippen molar-refractivity contribution in [2.24, 2.45) is 0 Å². The van der Waals surface area contributed by atoms with Crippen molar-refractivity contribution in [3.05, 3.63) is 28.0 Å². The third-order valence-corrected chi connectivity index (χ3v) is 1.98. The maximum absolute atomic E-state index is 12.4. The lowest BCUT2D eigenvalue weighted by molar-refractivity contribution is 0.146. The molecule has 0 radical (unpaired) electrons. The molecular formula is C8H5ClF2N2O. The predicted molar refractivity (Wildman–Crippen MR) is 44.8 cm³/mol. The first-order chi connectivity index (χ1) is 6.61. The van der Waals surface area contributed by atoms with Gasteiger partial charge in [0, 0.05) is 11.8 Å². The molecule has 1 N–H and O–H groups in total. The van der Waals surface area contributed by atoms with E-state index in [-0.39, 0.29) is 16.3 Å². The maximum Gasteiger partial charge on any atom is 0.267 e. The largest absolute Gasteiger partial charge is 0.392 e. The second kappa shape index (κ2) is 4.31. The van der Waals surface area contributed by atoms with E-state index in [2.05, 4.69) is 4.98 Å². The van der Waals surface area contributed by atoms with Crippen LogP contribution in [-0.2, 0) is 6.61 Å². The van der Waals surface area contributed by atoms with Gasteiger partial charge in [0.25, 0.3) is 6.43 Å². The first-order valence-electron chi connectivity index (χ1n) is 3.58. The standard InChI is InChI=1S/C8H5ClF2N2O/c9-7-6(8(10)11)5(3-14)4(1-12)2-13-7/h2,8,14H,3H2. The molecule has 6 heteroatoms. The van der Waals surface area contributed by atoms with E-state index in [0.717, 1.165) is 6.20 Å². The molecule has 0 aliphatic rings. The molecule has 0 aliphatic heterocycles. The zero-order valence-electron chi connectivity index (χ0n) is 6.84. The molecule has 0 amide bonds. The molecule has 0 bridgehead atoms. The summed E-state index contributed by atoms with van der Waals surface area (Å²) in [5.41, 5.74) is -0.831. The number of nitrogens with zero attached hydrogens (tertiary/aromatic N) is 2. The van der Waals surface area contributed by atoms with Crippen LogP contribution in [0, 0.1) is 11.3 Å². The molecule has 0 saturated heterocycles. The normalized spacial score (nSPS) is 10.3. The molecule has 0 aliphatic carbocycles. The van der Waals surface area contributed by atoms with E-state index in [1.807, 2.05) is 0 Å². The summed E-state index contributed by atoms with van der Waals surface area (Å²) < 4.78 is 24.9. The van der Waals surface area contributed by atoms with E-state index >= 15 is 0 Å². The van der Waals surface area contributed by atoms with Crippen LogP contribution in [0.15, 0.2) is 6.20 Å². The Bertz CT molecular complexity index is 390. The summed E-state index contributed by atoms with van der Waals surface area (Å²) in [6, 6.07) is 1.65. The number of alkyl halides is 2. The van der Waals surface area contributed by atoms with Gasteiger partial charge in [0.2, 0.25) is 0 Å². The van der Waals surface area contributed by atoms with Crippen LogP contribution in [0.2, 0.25) is 5.15 Å². The Morgan fingerprint density at radius 1 is 1.64 bits per heavy atom. The van der Waals surface area contributed by atoms with Gasteiger partial charge in [-0.1, -0.05) is 11.6 Å². The summed E-state index contributed by atoms with van der Waals surface area (Å²) >= 11 is 5.42. The molecule has 1 rings (SSSR count). The van der Waals surface area contributed by atoms with Crippen molar-refractivity contribution in [1.82, 2.24) is 4.98 Å². The van der Waals surface area contributed by atoms with Gasteiger partial charge in [-0.05, 0) is 0 Å². The number of aromatic nitrogens is 1. The van der Waals surface area contributed by atoms with E-state index in [4.69, 9.17) is 22.0 Å². The van der Waals surface area contributed by atoms with Crippen LogP contribution in [0.25, 0.3) is 0 Å². The quantitative estimate of drug-likeness (QED) is 0.773. The Balaban J connectivity index is 3.45. The fourth-order valence-corrected chi connectivity index (χ4v) is 1.27. The van der Waals surface area contributed by atoms with Crippen molar-refractivity contribution < 1.29 is 13.9 Å². The number of halogens is 3. The van der Waals surface area contributed by atoms with Crippen molar-refractivity contribution >= 4 is 11.6 Å². The summed E-state index contributed by atoms with van der Waals surface area (Å²) in [4.78, 5) is 3.43. The monoisotopic (exact) mass is 218 g/mol. The lowest BCUT2D eigenvalue weighted by Crippen LogP contribution is -2.01. The fourth-order valence-electron chi connectivity index (χ4n) is 1.03. The van der Waals surface area contributed by atoms with E-state index in [1.165, 1.54) is 0 Å². The van der Waals surface area contributed by atoms with Gasteiger partial charge in [-0.3, -0.25) is 0 Å². The minimum Gasteiger partial charge on any atom is -0.392 e. The molecule has 3 nitrogen and oxygen atoms in total. The highest BCUT2D eigenvalue weighted by atomic mass is 35.5. The first kappa shape index (κ1) is 10.8. The van der Waals surface area contributed by atoms with Crippen molar-refractivity contribution in [1.29, 1.82) is 5.26 Å². The molecule has 0 spiro atoms. The molecular weight excluding hydrogens is 214 g/mol. The molecule has 0 atom stereocenters. The van der Waals surface area contributed by atoms with Crippen LogP contribution in [0.1, 0.15) is 23.1 Å². The topological polar surface area (TPSA) is 56.9 Å². The maximum atomic E-state index is 12.4. The van der Waals surface area contributed by atoms with Crippen LogP contribution in [0.3, 0.4) is 0 Å². The number of aliphatic hydroxyl groups is 1. The molecule has 0 aromatic carbocycles. The second-order valence-corrected chi connectivity index (χ2v) is 2.78. The van der Waals surface area contributed by atoms with Gasteiger partial charge in [0.05, 0.1) is 17.7 Å². The Morgan fingerprint density at radius 2 is 2.29 bits per heavy atom. The summed E-state index contributed by atoms with van der Waals surface area (Å²) in [5.74, 6) is 0. The van der Waals surface area contributed by atoms with Gasteiger partial charge >= 0.3 is 0 Å². The minimum atomic E-state index is -2.86. The highest BCUT2D eigenvalue weighted by Gasteiger charge is 2.20. The van der Waals surface area contributed by atoms with Crippen LogP contribution in [0.5, 0.6) is 0 Å². The van der Waals surface area contributed by atoms with Crippen LogP contribution in [0.4, 0.5) is 8.78 Å². The van der Waals surface area contributed by atoms with Gasteiger partial charge in [0.1, 0.15) is 11.2 Å². The highest BCUT2D eigenvalue weighted by molar-refractivity contribution is 6.30. The van der Waals surface area contributed by atoms with Gasteiger partial charge < -0.3 is 5.11 Å². The van der Waals surface area contributed by atoms with Gasteiger partial charge in [-0.15, -0.1) is 0 Å². The van der Waals surface area contributed by atoms with Crippen LogP contribution < -0.4 is 0 Å². The van der Waals surface area contributed by atoms with E-state index in [9.17, 15) is 8.78 Å². The van der Waals surface area contributed by atoms with Crippen molar-refractivity contribution in [3.8, 4) is 6.07 Å². The van der Waals surface area contributed by atoms with Crippen molar-refractivity contribution in [3.63, 3.8) is 0 Å². The fraction of sp³-hybridized carbons (Fsp3) is 0.250. The number of pyridine rings is 1. The molecule has 1 aromatic heterocycles. The summed E-state index contributed by atoms with van der Waals surface area (Å²) in [5, 5.41) is 17.0. The van der Waals surface area contributed by atoms with Gasteiger partial charge in [-0.2, -0.15) is 5.26 Å². The Labute approximate surface area is 83.6 Å². The van der Waals surface area contributed by atoms with Gasteiger partial charge in [-0.25, -0.2) is 13.8 Å². The second-order valence-electron chi connectivity index (χ2n) is 2.43.